The van der Waals surface area contributed by atoms with Gasteiger partial charge in [0, 0.05) is 48.5 Å². The number of hydrogen-bond donors (Lipinski definition) is 2. The molecule has 4 heterocycles. The van der Waals surface area contributed by atoms with Crippen LogP contribution in [-0.4, -0.2) is 44.6 Å². The Labute approximate surface area is 159 Å². The summed E-state index contributed by atoms with van der Waals surface area (Å²) in [4.78, 5) is 34.3. The number of imidazole rings is 1. The number of H-pyrrole nitrogens is 1. The van der Waals surface area contributed by atoms with Crippen LogP contribution in [0.3, 0.4) is 0 Å². The Morgan fingerprint density at radius 1 is 1.21 bits per heavy atom. The number of aromatic nitrogens is 4. The fourth-order valence-electron chi connectivity index (χ4n) is 3.64. The van der Waals surface area contributed by atoms with Crippen LogP contribution in [0.1, 0.15) is 16.9 Å². The standard InChI is InChI=1S/C20H18N6O2/c27-17-11-16(23-15-4-2-1-3-14(15)17)20(28)22-13-7-9-25(12-13)19-6-5-18-21-8-10-26(18)24-19/h1-6,8,10-11,13H,7,9,12H2,(H,22,28)(H,23,27)/t13-/m0/s1. The van der Waals surface area contributed by atoms with Crippen LogP contribution in [0.25, 0.3) is 16.6 Å². The van der Waals surface area contributed by atoms with Crippen molar-refractivity contribution in [3.8, 4) is 0 Å². The summed E-state index contributed by atoms with van der Waals surface area (Å²) in [5.74, 6) is 0.578. The normalized spacial score (nSPS) is 16.7. The summed E-state index contributed by atoms with van der Waals surface area (Å²) >= 11 is 0. The molecular weight excluding hydrogens is 356 g/mol. The van der Waals surface area contributed by atoms with Crippen molar-refractivity contribution in [1.82, 2.24) is 24.9 Å². The van der Waals surface area contributed by atoms with Crippen molar-refractivity contribution >= 4 is 28.3 Å². The maximum absolute atomic E-state index is 12.7. The Morgan fingerprint density at radius 3 is 3.04 bits per heavy atom. The van der Waals surface area contributed by atoms with E-state index in [1.165, 1.54) is 6.07 Å². The smallest absolute Gasteiger partial charge is 0.268 e. The van der Waals surface area contributed by atoms with Gasteiger partial charge >= 0.3 is 0 Å². The molecule has 1 aliphatic heterocycles. The molecule has 5 rings (SSSR count). The van der Waals surface area contributed by atoms with Crippen molar-refractivity contribution in [2.24, 2.45) is 0 Å². The maximum atomic E-state index is 12.7. The highest BCUT2D eigenvalue weighted by atomic mass is 16.2. The van der Waals surface area contributed by atoms with Gasteiger partial charge in [-0.25, -0.2) is 9.50 Å². The van der Waals surface area contributed by atoms with E-state index in [2.05, 4.69) is 25.3 Å². The number of carbonyl (C=O) groups excluding carboxylic acids is 1. The third-order valence-corrected chi connectivity index (χ3v) is 5.07. The average molecular weight is 374 g/mol. The van der Waals surface area contributed by atoms with Gasteiger partial charge in [-0.3, -0.25) is 9.59 Å². The third-order valence-electron chi connectivity index (χ3n) is 5.07. The molecule has 0 unspecified atom stereocenters. The monoisotopic (exact) mass is 374 g/mol. The Morgan fingerprint density at radius 2 is 2.11 bits per heavy atom. The van der Waals surface area contributed by atoms with Crippen LogP contribution in [0.4, 0.5) is 5.82 Å². The predicted octanol–water partition coefficient (Wildman–Crippen LogP) is 1.58. The van der Waals surface area contributed by atoms with Crippen LogP contribution < -0.4 is 15.6 Å². The van der Waals surface area contributed by atoms with Gasteiger partial charge in [-0.1, -0.05) is 12.1 Å². The zero-order valence-electron chi connectivity index (χ0n) is 15.0. The van der Waals surface area contributed by atoms with Crippen LogP contribution in [-0.2, 0) is 0 Å². The molecule has 2 N–H and O–H groups in total. The zero-order chi connectivity index (χ0) is 19.1. The summed E-state index contributed by atoms with van der Waals surface area (Å²) < 4.78 is 1.74. The molecule has 8 nitrogen and oxygen atoms in total. The summed E-state index contributed by atoms with van der Waals surface area (Å²) in [7, 11) is 0. The fraction of sp³-hybridized carbons (Fsp3) is 0.200. The van der Waals surface area contributed by atoms with Gasteiger partial charge in [-0.2, -0.15) is 0 Å². The minimum atomic E-state index is -0.271. The van der Waals surface area contributed by atoms with E-state index in [1.54, 1.807) is 28.9 Å². The highest BCUT2D eigenvalue weighted by molar-refractivity contribution is 5.95. The summed E-state index contributed by atoms with van der Waals surface area (Å²) in [5, 5.41) is 8.15. The van der Waals surface area contributed by atoms with Crippen LogP contribution >= 0.6 is 0 Å². The number of anilines is 1. The van der Waals surface area contributed by atoms with Gasteiger partial charge in [0.25, 0.3) is 5.91 Å². The number of amides is 1. The first-order valence-corrected chi connectivity index (χ1v) is 9.16. The molecule has 0 spiro atoms. The van der Waals surface area contributed by atoms with Crippen molar-refractivity contribution in [3.05, 3.63) is 70.8 Å². The molecule has 0 bridgehead atoms. The van der Waals surface area contributed by atoms with E-state index in [0.717, 1.165) is 24.4 Å². The summed E-state index contributed by atoms with van der Waals surface area (Å²) in [5.41, 5.74) is 1.57. The molecule has 28 heavy (non-hydrogen) atoms. The molecule has 1 atom stereocenters. The summed E-state index contributed by atoms with van der Waals surface area (Å²) in [6.45, 7) is 1.46. The quantitative estimate of drug-likeness (QED) is 0.568. The number of rotatable bonds is 3. The van der Waals surface area contributed by atoms with Crippen LogP contribution in [0, 0.1) is 0 Å². The number of hydrogen-bond acceptors (Lipinski definition) is 5. The molecule has 140 valence electrons. The molecule has 0 radical (unpaired) electrons. The lowest BCUT2D eigenvalue weighted by Gasteiger charge is -2.18. The van der Waals surface area contributed by atoms with Crippen molar-refractivity contribution in [1.29, 1.82) is 0 Å². The highest BCUT2D eigenvalue weighted by Gasteiger charge is 2.26. The molecule has 1 aliphatic rings. The van der Waals surface area contributed by atoms with Crippen molar-refractivity contribution in [3.63, 3.8) is 0 Å². The highest BCUT2D eigenvalue weighted by Crippen LogP contribution is 2.18. The number of fused-ring (bicyclic) bond motifs is 2. The molecule has 1 aromatic carbocycles. The second-order valence-electron chi connectivity index (χ2n) is 6.92. The minimum Gasteiger partial charge on any atom is -0.353 e. The Hall–Kier alpha value is -3.68. The van der Waals surface area contributed by atoms with E-state index in [1.807, 2.05) is 24.4 Å². The molecule has 1 saturated heterocycles. The number of para-hydroxylation sites is 1. The second kappa shape index (κ2) is 6.49. The number of nitrogens with zero attached hydrogens (tertiary/aromatic N) is 4. The summed E-state index contributed by atoms with van der Waals surface area (Å²) in [6, 6.07) is 12.4. The van der Waals surface area contributed by atoms with E-state index in [-0.39, 0.29) is 23.1 Å². The Balaban J connectivity index is 1.31. The number of carbonyl (C=O) groups is 1. The number of aromatic amines is 1. The molecule has 3 aromatic heterocycles. The lowest BCUT2D eigenvalue weighted by atomic mass is 10.2. The van der Waals surface area contributed by atoms with Gasteiger partial charge < -0.3 is 15.2 Å². The summed E-state index contributed by atoms with van der Waals surface area (Å²) in [6.07, 6.45) is 4.33. The minimum absolute atomic E-state index is 0.0113. The van der Waals surface area contributed by atoms with E-state index in [0.29, 0.717) is 17.4 Å². The van der Waals surface area contributed by atoms with Crippen molar-refractivity contribution < 1.29 is 4.79 Å². The van der Waals surface area contributed by atoms with Crippen molar-refractivity contribution in [2.45, 2.75) is 12.5 Å². The molecule has 0 aliphatic carbocycles. The van der Waals surface area contributed by atoms with Gasteiger partial charge in [-0.15, -0.1) is 5.10 Å². The Bertz CT molecular complexity index is 1240. The SMILES string of the molecule is O=C(N[C@H]1CCN(c2ccc3nccn3n2)C1)c1cc(=O)c2ccccc2[nH]1. The molecule has 4 aromatic rings. The molecule has 8 heteroatoms. The van der Waals surface area contributed by atoms with Crippen LogP contribution in [0.5, 0.6) is 0 Å². The molecular formula is C20H18N6O2. The fourth-order valence-corrected chi connectivity index (χ4v) is 3.64. The van der Waals surface area contributed by atoms with Gasteiger partial charge in [0.15, 0.2) is 11.1 Å². The van der Waals surface area contributed by atoms with E-state index in [4.69, 9.17) is 0 Å². The molecule has 1 fully saturated rings. The number of nitrogens with one attached hydrogen (secondary N) is 2. The van der Waals surface area contributed by atoms with E-state index < -0.39 is 0 Å². The molecule has 0 saturated carbocycles. The average Bonchev–Trinajstić information content (AvgIpc) is 3.36. The molecule has 1 amide bonds. The van der Waals surface area contributed by atoms with E-state index in [9.17, 15) is 9.59 Å². The number of pyridine rings is 1. The van der Waals surface area contributed by atoms with Crippen LogP contribution in [0.15, 0.2) is 59.7 Å². The van der Waals surface area contributed by atoms with Gasteiger partial charge in [-0.05, 0) is 30.7 Å². The second-order valence-corrected chi connectivity index (χ2v) is 6.92. The lowest BCUT2D eigenvalue weighted by Crippen LogP contribution is -2.38. The Kier molecular flexibility index (Phi) is 3.82. The van der Waals surface area contributed by atoms with Crippen molar-refractivity contribution in [2.75, 3.05) is 18.0 Å². The maximum Gasteiger partial charge on any atom is 0.268 e. The lowest BCUT2D eigenvalue weighted by molar-refractivity contribution is 0.0935. The first-order chi connectivity index (χ1) is 13.7. The zero-order valence-corrected chi connectivity index (χ0v) is 15.0. The largest absolute Gasteiger partial charge is 0.353 e. The first kappa shape index (κ1) is 16.5. The van der Waals surface area contributed by atoms with Gasteiger partial charge in [0.1, 0.15) is 11.5 Å². The number of benzene rings is 1. The van der Waals surface area contributed by atoms with E-state index >= 15 is 0 Å². The third kappa shape index (κ3) is 2.88. The van der Waals surface area contributed by atoms with Crippen LogP contribution in [0.2, 0.25) is 0 Å². The van der Waals surface area contributed by atoms with Gasteiger partial charge in [0.2, 0.25) is 0 Å². The first-order valence-electron chi connectivity index (χ1n) is 9.16. The predicted molar refractivity (Wildman–Crippen MR) is 106 cm³/mol. The topological polar surface area (TPSA) is 95.4 Å². The van der Waals surface area contributed by atoms with Gasteiger partial charge in [0.05, 0.1) is 0 Å².